The van der Waals surface area contributed by atoms with E-state index in [-0.39, 0.29) is 11.2 Å². The fourth-order valence-electron chi connectivity index (χ4n) is 2.27. The van der Waals surface area contributed by atoms with Gasteiger partial charge in [-0.3, -0.25) is 0 Å². The second kappa shape index (κ2) is 6.83. The number of carbonyl (C=O) groups is 1. The van der Waals surface area contributed by atoms with Crippen LogP contribution < -0.4 is 14.2 Å². The third-order valence-electron chi connectivity index (χ3n) is 3.57. The topological polar surface area (TPSA) is 65.0 Å². The Morgan fingerprint density at radius 1 is 0.917 bits per heavy atom. The van der Waals surface area contributed by atoms with Crippen LogP contribution in [-0.4, -0.2) is 25.3 Å². The molecule has 0 heterocycles. The lowest BCUT2D eigenvalue weighted by molar-refractivity contribution is 0.0733. The molecule has 5 nitrogen and oxygen atoms in total. The zero-order chi connectivity index (χ0) is 17.9. The molecule has 0 aliphatic carbocycles. The van der Waals surface area contributed by atoms with E-state index in [1.165, 1.54) is 20.3 Å². The third kappa shape index (κ3) is 3.98. The standard InChI is InChI=1S/C19H22O5/c1-19(2,3)16-11-13(6-7-17(16)20)24-18(21)12-8-14(22-4)10-15(9-12)23-5/h6-11,20H,1-5H3. The number of benzene rings is 2. The maximum absolute atomic E-state index is 12.4. The van der Waals surface area contributed by atoms with Crippen molar-refractivity contribution in [3.8, 4) is 23.0 Å². The first kappa shape index (κ1) is 17.7. The number of carbonyl (C=O) groups excluding carboxylic acids is 1. The summed E-state index contributed by atoms with van der Waals surface area (Å²) in [5.41, 5.74) is 0.749. The Kier molecular flexibility index (Phi) is 5.02. The Hall–Kier alpha value is -2.69. The van der Waals surface area contributed by atoms with Crippen LogP contribution in [-0.2, 0) is 5.41 Å². The predicted octanol–water partition coefficient (Wildman–Crippen LogP) is 3.93. The number of esters is 1. The second-order valence-corrected chi connectivity index (χ2v) is 6.42. The summed E-state index contributed by atoms with van der Waals surface area (Å²) < 4.78 is 15.7. The minimum Gasteiger partial charge on any atom is -0.508 e. The molecule has 0 aliphatic heterocycles. The molecular weight excluding hydrogens is 308 g/mol. The number of hydrogen-bond acceptors (Lipinski definition) is 5. The van der Waals surface area contributed by atoms with E-state index in [9.17, 15) is 9.90 Å². The molecule has 0 aromatic heterocycles. The van der Waals surface area contributed by atoms with Crippen LogP contribution in [0, 0.1) is 0 Å². The molecular formula is C19H22O5. The summed E-state index contributed by atoms with van der Waals surface area (Å²) in [5.74, 6) is 1.01. The average molecular weight is 330 g/mol. The van der Waals surface area contributed by atoms with Gasteiger partial charge in [-0.1, -0.05) is 20.8 Å². The van der Waals surface area contributed by atoms with Crippen molar-refractivity contribution in [3.63, 3.8) is 0 Å². The van der Waals surface area contributed by atoms with Gasteiger partial charge in [0, 0.05) is 11.6 Å². The lowest BCUT2D eigenvalue weighted by Crippen LogP contribution is -2.13. The maximum atomic E-state index is 12.4. The van der Waals surface area contributed by atoms with E-state index in [2.05, 4.69) is 0 Å². The monoisotopic (exact) mass is 330 g/mol. The number of aromatic hydroxyl groups is 1. The van der Waals surface area contributed by atoms with Crippen LogP contribution in [0.15, 0.2) is 36.4 Å². The molecule has 128 valence electrons. The van der Waals surface area contributed by atoms with Crippen LogP contribution >= 0.6 is 0 Å². The molecule has 0 saturated carbocycles. The minimum absolute atomic E-state index is 0.172. The minimum atomic E-state index is -0.530. The number of ether oxygens (including phenoxy) is 3. The molecule has 0 bridgehead atoms. The van der Waals surface area contributed by atoms with Gasteiger partial charge >= 0.3 is 5.97 Å². The quantitative estimate of drug-likeness (QED) is 0.680. The first-order chi connectivity index (χ1) is 11.2. The lowest BCUT2D eigenvalue weighted by Gasteiger charge is -2.21. The predicted molar refractivity (Wildman–Crippen MR) is 91.3 cm³/mol. The fourth-order valence-corrected chi connectivity index (χ4v) is 2.27. The largest absolute Gasteiger partial charge is 0.508 e. The number of phenols is 1. The van der Waals surface area contributed by atoms with Gasteiger partial charge in [0.2, 0.25) is 0 Å². The molecule has 0 fully saturated rings. The summed E-state index contributed by atoms with van der Waals surface area (Å²) in [5, 5.41) is 9.98. The highest BCUT2D eigenvalue weighted by Crippen LogP contribution is 2.34. The molecule has 24 heavy (non-hydrogen) atoms. The normalized spacial score (nSPS) is 11.0. The van der Waals surface area contributed by atoms with Crippen molar-refractivity contribution in [3.05, 3.63) is 47.5 Å². The summed E-state index contributed by atoms with van der Waals surface area (Å²) in [7, 11) is 3.03. The molecule has 0 saturated heterocycles. The Bertz CT molecular complexity index is 722. The van der Waals surface area contributed by atoms with Crippen LogP contribution in [0.1, 0.15) is 36.7 Å². The molecule has 2 aromatic rings. The van der Waals surface area contributed by atoms with Crippen LogP contribution in [0.4, 0.5) is 0 Å². The first-order valence-electron chi connectivity index (χ1n) is 7.53. The number of phenolic OH excluding ortho intramolecular Hbond substituents is 1. The van der Waals surface area contributed by atoms with Crippen molar-refractivity contribution in [2.75, 3.05) is 14.2 Å². The van der Waals surface area contributed by atoms with Crippen molar-refractivity contribution in [2.24, 2.45) is 0 Å². The van der Waals surface area contributed by atoms with Gasteiger partial charge < -0.3 is 19.3 Å². The molecule has 1 N–H and O–H groups in total. The van der Waals surface area contributed by atoms with E-state index < -0.39 is 5.97 Å². The molecule has 0 amide bonds. The Morgan fingerprint density at radius 3 is 2.00 bits per heavy atom. The van der Waals surface area contributed by atoms with Gasteiger partial charge in [-0.25, -0.2) is 4.79 Å². The lowest BCUT2D eigenvalue weighted by atomic mass is 9.86. The van der Waals surface area contributed by atoms with Crippen molar-refractivity contribution in [1.82, 2.24) is 0 Å². The van der Waals surface area contributed by atoms with Crippen LogP contribution in [0.5, 0.6) is 23.0 Å². The highest BCUT2D eigenvalue weighted by atomic mass is 16.5. The number of hydrogen-bond donors (Lipinski definition) is 1. The van der Waals surface area contributed by atoms with E-state index in [1.54, 1.807) is 30.3 Å². The molecule has 0 radical (unpaired) electrons. The van der Waals surface area contributed by atoms with E-state index in [1.807, 2.05) is 20.8 Å². The van der Waals surface area contributed by atoms with Crippen LogP contribution in [0.3, 0.4) is 0 Å². The summed E-state index contributed by atoms with van der Waals surface area (Å²) in [6.45, 7) is 5.92. The first-order valence-corrected chi connectivity index (χ1v) is 7.53. The van der Waals surface area contributed by atoms with E-state index in [0.29, 0.717) is 28.4 Å². The van der Waals surface area contributed by atoms with E-state index in [4.69, 9.17) is 14.2 Å². The van der Waals surface area contributed by atoms with Gasteiger partial charge in [-0.15, -0.1) is 0 Å². The zero-order valence-electron chi connectivity index (χ0n) is 14.5. The van der Waals surface area contributed by atoms with Gasteiger partial charge in [0.25, 0.3) is 0 Å². The molecule has 0 spiro atoms. The van der Waals surface area contributed by atoms with Gasteiger partial charge in [0.1, 0.15) is 23.0 Å². The van der Waals surface area contributed by atoms with E-state index >= 15 is 0 Å². The summed E-state index contributed by atoms with van der Waals surface area (Å²) in [4.78, 5) is 12.4. The van der Waals surface area contributed by atoms with Crippen molar-refractivity contribution in [1.29, 1.82) is 0 Å². The molecule has 0 aliphatic rings. The highest BCUT2D eigenvalue weighted by molar-refractivity contribution is 5.92. The van der Waals surface area contributed by atoms with Crippen molar-refractivity contribution in [2.45, 2.75) is 26.2 Å². The number of rotatable bonds is 4. The van der Waals surface area contributed by atoms with Gasteiger partial charge in [-0.05, 0) is 35.7 Å². The van der Waals surface area contributed by atoms with E-state index in [0.717, 1.165) is 0 Å². The van der Waals surface area contributed by atoms with Crippen LogP contribution in [0.25, 0.3) is 0 Å². The molecule has 5 heteroatoms. The third-order valence-corrected chi connectivity index (χ3v) is 3.57. The molecule has 2 rings (SSSR count). The van der Waals surface area contributed by atoms with Gasteiger partial charge in [0.15, 0.2) is 0 Å². The smallest absolute Gasteiger partial charge is 0.343 e. The summed E-state index contributed by atoms with van der Waals surface area (Å²) in [6, 6.07) is 9.58. The molecule has 0 atom stereocenters. The maximum Gasteiger partial charge on any atom is 0.343 e. The molecule has 0 unspecified atom stereocenters. The van der Waals surface area contributed by atoms with Gasteiger partial charge in [0.05, 0.1) is 19.8 Å². The summed E-state index contributed by atoms with van der Waals surface area (Å²) >= 11 is 0. The SMILES string of the molecule is COc1cc(OC)cc(C(=O)Oc2ccc(O)c(C(C)(C)C)c2)c1. The zero-order valence-corrected chi connectivity index (χ0v) is 14.5. The molecule has 2 aromatic carbocycles. The Morgan fingerprint density at radius 2 is 1.50 bits per heavy atom. The Labute approximate surface area is 141 Å². The Balaban J connectivity index is 2.30. The second-order valence-electron chi connectivity index (χ2n) is 6.42. The highest BCUT2D eigenvalue weighted by Gasteiger charge is 2.20. The van der Waals surface area contributed by atoms with Crippen LogP contribution in [0.2, 0.25) is 0 Å². The van der Waals surface area contributed by atoms with Crippen molar-refractivity contribution >= 4 is 5.97 Å². The average Bonchev–Trinajstić information content (AvgIpc) is 2.54. The summed E-state index contributed by atoms with van der Waals surface area (Å²) in [6.07, 6.45) is 0. The van der Waals surface area contributed by atoms with Crippen molar-refractivity contribution < 1.29 is 24.1 Å². The van der Waals surface area contributed by atoms with Gasteiger partial charge in [-0.2, -0.15) is 0 Å². The fraction of sp³-hybridized carbons (Fsp3) is 0.316. The number of methoxy groups -OCH3 is 2.